The number of hydrogen-bond acceptors (Lipinski definition) is 6. The minimum Gasteiger partial charge on any atom is -0.339 e. The Kier molecular flexibility index (Phi) is 4.68. The SMILES string of the molecule is CSc1nc(-c2ccccc2F)nc(Nc2ccncc2)c1C#N. The highest BCUT2D eigenvalue weighted by atomic mass is 32.2. The smallest absolute Gasteiger partial charge is 0.165 e. The van der Waals surface area contributed by atoms with Crippen LogP contribution in [0.1, 0.15) is 5.56 Å². The van der Waals surface area contributed by atoms with Crippen molar-refractivity contribution in [2.45, 2.75) is 5.03 Å². The molecule has 24 heavy (non-hydrogen) atoms. The number of nitrogens with one attached hydrogen (secondary N) is 1. The number of halogens is 1. The number of nitrogens with zero attached hydrogens (tertiary/aromatic N) is 4. The second-order valence-electron chi connectivity index (χ2n) is 4.73. The zero-order valence-electron chi connectivity index (χ0n) is 12.7. The molecule has 3 aromatic rings. The number of hydrogen-bond donors (Lipinski definition) is 1. The maximum Gasteiger partial charge on any atom is 0.165 e. The van der Waals surface area contributed by atoms with Crippen LogP contribution in [-0.4, -0.2) is 21.2 Å². The topological polar surface area (TPSA) is 74.5 Å². The Balaban J connectivity index is 2.15. The lowest BCUT2D eigenvalue weighted by Gasteiger charge is -2.12. The van der Waals surface area contributed by atoms with E-state index >= 15 is 0 Å². The van der Waals surface area contributed by atoms with Gasteiger partial charge in [0.2, 0.25) is 0 Å². The molecule has 1 N–H and O–H groups in total. The van der Waals surface area contributed by atoms with E-state index in [1.807, 2.05) is 6.26 Å². The lowest BCUT2D eigenvalue weighted by Crippen LogP contribution is -2.04. The highest BCUT2D eigenvalue weighted by Gasteiger charge is 2.17. The Labute approximate surface area is 142 Å². The molecule has 0 atom stereocenters. The minimum atomic E-state index is -0.413. The predicted octanol–water partition coefficient (Wildman–Crippen LogP) is 4.01. The summed E-state index contributed by atoms with van der Waals surface area (Å²) in [5.74, 6) is 0.151. The summed E-state index contributed by atoms with van der Waals surface area (Å²) in [6, 6.07) is 11.9. The molecule has 7 heteroatoms. The summed E-state index contributed by atoms with van der Waals surface area (Å²) in [4.78, 5) is 12.6. The molecule has 0 aliphatic heterocycles. The van der Waals surface area contributed by atoms with Gasteiger partial charge in [-0.3, -0.25) is 4.98 Å². The first-order valence-electron chi connectivity index (χ1n) is 7.01. The molecule has 5 nitrogen and oxygen atoms in total. The summed E-state index contributed by atoms with van der Waals surface area (Å²) < 4.78 is 14.1. The van der Waals surface area contributed by atoms with Crippen molar-refractivity contribution in [2.75, 3.05) is 11.6 Å². The Morgan fingerprint density at radius 1 is 1.12 bits per heavy atom. The molecule has 0 amide bonds. The van der Waals surface area contributed by atoms with Gasteiger partial charge in [-0.1, -0.05) is 12.1 Å². The number of thioether (sulfide) groups is 1. The molecule has 2 aromatic heterocycles. The van der Waals surface area contributed by atoms with Crippen molar-refractivity contribution in [1.82, 2.24) is 15.0 Å². The fourth-order valence-electron chi connectivity index (χ4n) is 2.11. The van der Waals surface area contributed by atoms with Crippen LogP contribution in [0.4, 0.5) is 15.9 Å². The fourth-order valence-corrected chi connectivity index (χ4v) is 2.64. The predicted molar refractivity (Wildman–Crippen MR) is 91.4 cm³/mol. The Bertz CT molecular complexity index is 909. The Morgan fingerprint density at radius 2 is 1.88 bits per heavy atom. The third kappa shape index (κ3) is 3.19. The molecule has 0 unspecified atom stereocenters. The van der Waals surface area contributed by atoms with Gasteiger partial charge in [0.05, 0.1) is 5.56 Å². The average molecular weight is 337 g/mol. The second-order valence-corrected chi connectivity index (χ2v) is 5.53. The monoisotopic (exact) mass is 337 g/mol. The van der Waals surface area contributed by atoms with E-state index < -0.39 is 5.82 Å². The number of benzene rings is 1. The van der Waals surface area contributed by atoms with Crippen LogP contribution in [0, 0.1) is 17.1 Å². The van der Waals surface area contributed by atoms with Crippen molar-refractivity contribution in [3.63, 3.8) is 0 Å². The molecule has 2 heterocycles. The first kappa shape index (κ1) is 15.9. The van der Waals surface area contributed by atoms with Crippen LogP contribution in [-0.2, 0) is 0 Å². The van der Waals surface area contributed by atoms with E-state index in [0.717, 1.165) is 5.69 Å². The third-order valence-electron chi connectivity index (χ3n) is 3.24. The van der Waals surface area contributed by atoms with Gasteiger partial charge < -0.3 is 5.32 Å². The van der Waals surface area contributed by atoms with E-state index in [0.29, 0.717) is 16.4 Å². The van der Waals surface area contributed by atoms with Gasteiger partial charge in [0, 0.05) is 18.1 Å². The van der Waals surface area contributed by atoms with Gasteiger partial charge in [0.25, 0.3) is 0 Å². The average Bonchev–Trinajstić information content (AvgIpc) is 2.62. The van der Waals surface area contributed by atoms with Crippen molar-refractivity contribution in [3.8, 4) is 17.5 Å². The van der Waals surface area contributed by atoms with Crippen LogP contribution in [0.2, 0.25) is 0 Å². The highest BCUT2D eigenvalue weighted by Crippen LogP contribution is 2.29. The van der Waals surface area contributed by atoms with E-state index in [1.54, 1.807) is 42.7 Å². The van der Waals surface area contributed by atoms with Crippen LogP contribution in [0.25, 0.3) is 11.4 Å². The maximum atomic E-state index is 14.1. The molecule has 0 radical (unpaired) electrons. The van der Waals surface area contributed by atoms with Crippen molar-refractivity contribution in [1.29, 1.82) is 5.26 Å². The first-order chi connectivity index (χ1) is 11.7. The van der Waals surface area contributed by atoms with Gasteiger partial charge in [-0.15, -0.1) is 11.8 Å². The molecule has 0 bridgehead atoms. The lowest BCUT2D eigenvalue weighted by atomic mass is 10.2. The van der Waals surface area contributed by atoms with Gasteiger partial charge in [0.1, 0.15) is 22.5 Å². The molecule has 0 aliphatic carbocycles. The van der Waals surface area contributed by atoms with Gasteiger partial charge >= 0.3 is 0 Å². The molecule has 3 rings (SSSR count). The quantitative estimate of drug-likeness (QED) is 0.572. The molecule has 0 saturated heterocycles. The summed E-state index contributed by atoms with van der Waals surface area (Å²) in [6.45, 7) is 0. The number of rotatable bonds is 4. The van der Waals surface area contributed by atoms with Crippen LogP contribution in [0.5, 0.6) is 0 Å². The molecule has 0 aliphatic rings. The van der Waals surface area contributed by atoms with Gasteiger partial charge in [-0.05, 0) is 30.5 Å². The second kappa shape index (κ2) is 7.06. The zero-order valence-corrected chi connectivity index (χ0v) is 13.5. The van der Waals surface area contributed by atoms with Crippen LogP contribution < -0.4 is 5.32 Å². The third-order valence-corrected chi connectivity index (χ3v) is 3.92. The number of aromatic nitrogens is 3. The van der Waals surface area contributed by atoms with E-state index in [2.05, 4.69) is 26.3 Å². The number of nitriles is 1. The number of anilines is 2. The molecular weight excluding hydrogens is 325 g/mol. The largest absolute Gasteiger partial charge is 0.339 e. The molecule has 1 aromatic carbocycles. The van der Waals surface area contributed by atoms with Crippen LogP contribution >= 0.6 is 11.8 Å². The Morgan fingerprint density at radius 3 is 2.54 bits per heavy atom. The van der Waals surface area contributed by atoms with Crippen molar-refractivity contribution in [2.24, 2.45) is 0 Å². The van der Waals surface area contributed by atoms with Crippen molar-refractivity contribution in [3.05, 3.63) is 60.2 Å². The fraction of sp³-hybridized carbons (Fsp3) is 0.0588. The van der Waals surface area contributed by atoms with E-state index in [-0.39, 0.29) is 11.4 Å². The van der Waals surface area contributed by atoms with Crippen molar-refractivity contribution >= 4 is 23.3 Å². The molecule has 118 valence electrons. The zero-order chi connectivity index (χ0) is 16.9. The standard InChI is InChI=1S/C17H12FN5S/c1-24-17-13(10-19)16(21-11-6-8-20-9-7-11)22-15(23-17)12-4-2-3-5-14(12)18/h2-9H,1H3,(H,20,21,22,23). The summed E-state index contributed by atoms with van der Waals surface area (Å²) >= 11 is 1.31. The summed E-state index contributed by atoms with van der Waals surface area (Å²) in [5, 5.41) is 13.0. The minimum absolute atomic E-state index is 0.230. The van der Waals surface area contributed by atoms with Gasteiger partial charge in [-0.2, -0.15) is 5.26 Å². The Hall–Kier alpha value is -2.98. The molecular formula is C17H12FN5S. The highest BCUT2D eigenvalue weighted by molar-refractivity contribution is 7.98. The molecule has 0 fully saturated rings. The van der Waals surface area contributed by atoms with E-state index in [4.69, 9.17) is 0 Å². The summed E-state index contributed by atoms with van der Waals surface area (Å²) in [7, 11) is 0. The van der Waals surface area contributed by atoms with Gasteiger partial charge in [0.15, 0.2) is 11.6 Å². The molecule has 0 spiro atoms. The van der Waals surface area contributed by atoms with E-state index in [9.17, 15) is 9.65 Å². The van der Waals surface area contributed by atoms with Crippen molar-refractivity contribution < 1.29 is 4.39 Å². The maximum absolute atomic E-state index is 14.1. The van der Waals surface area contributed by atoms with Gasteiger partial charge in [-0.25, -0.2) is 14.4 Å². The lowest BCUT2D eigenvalue weighted by molar-refractivity contribution is 0.629. The normalized spacial score (nSPS) is 10.2. The summed E-state index contributed by atoms with van der Waals surface area (Å²) in [6.07, 6.45) is 5.07. The van der Waals surface area contributed by atoms with Crippen LogP contribution in [0.15, 0.2) is 53.8 Å². The molecule has 0 saturated carbocycles. The van der Waals surface area contributed by atoms with Crippen LogP contribution in [0.3, 0.4) is 0 Å². The first-order valence-corrected chi connectivity index (χ1v) is 8.23. The van der Waals surface area contributed by atoms with E-state index in [1.165, 1.54) is 17.8 Å². The summed E-state index contributed by atoms with van der Waals surface area (Å²) in [5.41, 5.74) is 1.33. The number of pyridine rings is 1.